The third kappa shape index (κ3) is 5.57. The zero-order valence-electron chi connectivity index (χ0n) is 27.0. The molecule has 2 atom stereocenters. The zero-order chi connectivity index (χ0) is 34.4. The highest BCUT2D eigenvalue weighted by molar-refractivity contribution is 6.01. The Hall–Kier alpha value is -5.55. The van der Waals surface area contributed by atoms with Crippen molar-refractivity contribution < 1.29 is 22.7 Å². The van der Waals surface area contributed by atoms with Gasteiger partial charge in [-0.05, 0) is 43.7 Å². The van der Waals surface area contributed by atoms with E-state index in [2.05, 4.69) is 30.9 Å². The lowest BCUT2D eigenvalue weighted by atomic mass is 9.95. The van der Waals surface area contributed by atoms with Crippen molar-refractivity contribution >= 4 is 39.6 Å². The van der Waals surface area contributed by atoms with Crippen molar-refractivity contribution in [2.75, 3.05) is 50.8 Å². The molecular weight excluding hydrogens is 647 g/mol. The summed E-state index contributed by atoms with van der Waals surface area (Å²) in [5.41, 5.74) is 1.27. The number of hydrogen-bond acceptors (Lipinski definition) is 9. The van der Waals surface area contributed by atoms with Gasteiger partial charge in [0.05, 0.1) is 28.3 Å². The third-order valence-electron chi connectivity index (χ3n) is 9.99. The van der Waals surface area contributed by atoms with Crippen molar-refractivity contribution in [3.63, 3.8) is 0 Å². The summed E-state index contributed by atoms with van der Waals surface area (Å²) in [6.45, 7) is 2.19. The minimum Gasteiger partial charge on any atom is -0.461 e. The molecule has 8 rings (SSSR count). The number of pyridine rings is 2. The Morgan fingerprint density at radius 2 is 1.98 bits per heavy atom. The third-order valence-corrected chi connectivity index (χ3v) is 9.99. The van der Waals surface area contributed by atoms with Crippen LogP contribution in [-0.2, 0) is 4.79 Å². The van der Waals surface area contributed by atoms with Crippen molar-refractivity contribution in [3.05, 3.63) is 77.9 Å². The van der Waals surface area contributed by atoms with Crippen LogP contribution in [-0.4, -0.2) is 98.2 Å². The summed E-state index contributed by atoms with van der Waals surface area (Å²) < 4.78 is 52.3. The molecule has 7 heterocycles. The number of fused-ring (bicyclic) bond motifs is 3. The molecule has 3 aliphatic heterocycles. The van der Waals surface area contributed by atoms with Crippen molar-refractivity contribution in [2.45, 2.75) is 31.0 Å². The average Bonchev–Trinajstić information content (AvgIpc) is 3.83. The molecule has 14 heteroatoms. The van der Waals surface area contributed by atoms with Crippen LogP contribution in [0.3, 0.4) is 0 Å². The number of nitrogens with zero attached hydrogens (tertiary/aromatic N) is 8. The quantitative estimate of drug-likeness (QED) is 0.231. The summed E-state index contributed by atoms with van der Waals surface area (Å²) in [5, 5.41) is 10.6. The second-order valence-electron chi connectivity index (χ2n) is 12.9. The van der Waals surface area contributed by atoms with E-state index < -0.39 is 29.3 Å². The maximum atomic E-state index is 16.7. The summed E-state index contributed by atoms with van der Waals surface area (Å²) in [5.74, 6) is -2.03. The summed E-state index contributed by atoms with van der Waals surface area (Å²) in [6.07, 6.45) is 6.84. The lowest BCUT2D eigenvalue weighted by Gasteiger charge is -2.35. The van der Waals surface area contributed by atoms with Gasteiger partial charge in [0.15, 0.2) is 11.6 Å². The Morgan fingerprint density at radius 3 is 2.78 bits per heavy atom. The topological polar surface area (TPSA) is 127 Å². The molecule has 1 aromatic carbocycles. The molecule has 0 radical (unpaired) electrons. The molecule has 3 aliphatic rings. The number of nitriles is 1. The van der Waals surface area contributed by atoms with E-state index in [1.807, 2.05) is 4.90 Å². The Kier molecular flexibility index (Phi) is 8.07. The van der Waals surface area contributed by atoms with Crippen LogP contribution in [0.4, 0.5) is 19.0 Å². The molecule has 0 bridgehead atoms. The molecule has 1 N–H and O–H groups in total. The van der Waals surface area contributed by atoms with E-state index in [0.29, 0.717) is 51.9 Å². The average molecular weight is 680 g/mol. The van der Waals surface area contributed by atoms with Crippen molar-refractivity contribution in [1.29, 1.82) is 5.26 Å². The first-order chi connectivity index (χ1) is 24.3. The number of halogens is 3. The molecule has 1 amide bonds. The molecule has 11 nitrogen and oxygen atoms in total. The van der Waals surface area contributed by atoms with Gasteiger partial charge >= 0.3 is 6.01 Å². The largest absolute Gasteiger partial charge is 0.461 e. The van der Waals surface area contributed by atoms with Crippen LogP contribution in [0.1, 0.15) is 30.5 Å². The summed E-state index contributed by atoms with van der Waals surface area (Å²) in [6, 6.07) is 12.3. The fourth-order valence-electron chi connectivity index (χ4n) is 7.55. The number of H-pyrrole nitrogens is 1. The second-order valence-corrected chi connectivity index (χ2v) is 12.9. The number of carbonyl (C=O) groups excluding carboxylic acids is 1. The molecule has 254 valence electrons. The van der Waals surface area contributed by atoms with Gasteiger partial charge in [-0.2, -0.15) is 15.2 Å². The van der Waals surface area contributed by atoms with E-state index >= 15 is 4.39 Å². The van der Waals surface area contributed by atoms with Gasteiger partial charge in [0.2, 0.25) is 0 Å². The number of nitrogens with one attached hydrogen (secondary N) is 1. The van der Waals surface area contributed by atoms with E-state index in [9.17, 15) is 18.8 Å². The van der Waals surface area contributed by atoms with Crippen LogP contribution in [0.15, 0.2) is 60.8 Å². The first-order valence-corrected chi connectivity index (χ1v) is 16.5. The number of hydrogen-bond donors (Lipinski definition) is 1. The fourth-order valence-corrected chi connectivity index (χ4v) is 7.55. The van der Waals surface area contributed by atoms with Crippen LogP contribution in [0.5, 0.6) is 6.01 Å². The minimum absolute atomic E-state index is 0.00394. The second kappa shape index (κ2) is 12.7. The summed E-state index contributed by atoms with van der Waals surface area (Å²) in [7, 11) is 0. The molecule has 3 saturated heterocycles. The first kappa shape index (κ1) is 31.7. The number of aromatic nitrogens is 5. The van der Waals surface area contributed by atoms with E-state index in [1.54, 1.807) is 42.6 Å². The summed E-state index contributed by atoms with van der Waals surface area (Å²) in [4.78, 5) is 39.2. The Bertz CT molecular complexity index is 2180. The van der Waals surface area contributed by atoms with E-state index in [0.717, 1.165) is 25.5 Å². The van der Waals surface area contributed by atoms with Gasteiger partial charge in [0.25, 0.3) is 5.91 Å². The predicted molar refractivity (Wildman–Crippen MR) is 180 cm³/mol. The van der Waals surface area contributed by atoms with Gasteiger partial charge in [-0.25, -0.2) is 13.2 Å². The van der Waals surface area contributed by atoms with Crippen LogP contribution in [0.2, 0.25) is 0 Å². The van der Waals surface area contributed by atoms with Gasteiger partial charge in [0.1, 0.15) is 29.8 Å². The van der Waals surface area contributed by atoms with Gasteiger partial charge in [-0.1, -0.05) is 12.1 Å². The molecule has 3 fully saturated rings. The number of amides is 1. The molecule has 0 spiro atoms. The monoisotopic (exact) mass is 679 g/mol. The first-order valence-electron chi connectivity index (χ1n) is 16.5. The number of carbonyl (C=O) groups is 1. The predicted octanol–water partition coefficient (Wildman–Crippen LogP) is 5.19. The van der Waals surface area contributed by atoms with Crippen LogP contribution in [0.25, 0.3) is 39.1 Å². The number of aromatic amines is 1. The molecule has 4 aromatic heterocycles. The van der Waals surface area contributed by atoms with Crippen molar-refractivity contribution in [1.82, 2.24) is 34.7 Å². The van der Waals surface area contributed by atoms with Crippen molar-refractivity contribution in [3.8, 4) is 23.3 Å². The smallest absolute Gasteiger partial charge is 0.319 e. The number of alkyl halides is 1. The highest BCUT2D eigenvalue weighted by Gasteiger charge is 2.49. The highest BCUT2D eigenvalue weighted by Crippen LogP contribution is 2.41. The maximum Gasteiger partial charge on any atom is 0.319 e. The van der Waals surface area contributed by atoms with Gasteiger partial charge in [-0.3, -0.25) is 19.7 Å². The number of ether oxygens (including phenoxy) is 1. The van der Waals surface area contributed by atoms with E-state index in [1.165, 1.54) is 17.3 Å². The maximum absolute atomic E-state index is 16.7. The number of piperazine rings is 1. The molecule has 0 saturated carbocycles. The van der Waals surface area contributed by atoms with Gasteiger partial charge in [0, 0.05) is 80.3 Å². The SMILES string of the molecule is N#Cc1cccc2[nH]cc(-c3ncc4c(N5CCN(C(=O)/C(F)=C/c6ccccn6)CC5)nc(OC[C@@]56CCCN5C[C@H](F)C6)nc4c3F)c12. The molecule has 5 aromatic rings. The van der Waals surface area contributed by atoms with E-state index in [-0.39, 0.29) is 50.0 Å². The summed E-state index contributed by atoms with van der Waals surface area (Å²) >= 11 is 0. The number of rotatable bonds is 7. The number of anilines is 1. The van der Waals surface area contributed by atoms with Crippen molar-refractivity contribution in [2.24, 2.45) is 0 Å². The molecule has 0 unspecified atom stereocenters. The van der Waals surface area contributed by atoms with Gasteiger partial charge in [-0.15, -0.1) is 0 Å². The normalized spacial score (nSPS) is 21.2. The van der Waals surface area contributed by atoms with Crippen LogP contribution in [0, 0.1) is 17.1 Å². The minimum atomic E-state index is -0.949. The molecular formula is C36H32F3N9O2. The fraction of sp³-hybridized carbons (Fsp3) is 0.333. The zero-order valence-corrected chi connectivity index (χ0v) is 27.0. The van der Waals surface area contributed by atoms with Crippen LogP contribution < -0.4 is 9.64 Å². The standard InChI is InChI=1S/C36H32F3N9O2/c37-23-16-36(8-4-10-48(36)20-23)21-50-35-44-32-26(19-43-31(30(32)39)25-18-42-28-7-3-5-22(17-40)29(25)28)33(45-35)46-11-13-47(14-12-46)34(49)27(38)15-24-6-1-2-9-41-24/h1-3,5-7,9,15,18-19,23,42H,4,8,10-14,16,20-21H2/b27-15-/t23-,36+/m1/s1. The lowest BCUT2D eigenvalue weighted by Crippen LogP contribution is -2.49. The Balaban J connectivity index is 1.13. The van der Waals surface area contributed by atoms with Crippen LogP contribution >= 0.6 is 0 Å². The molecule has 0 aliphatic carbocycles. The molecule has 50 heavy (non-hydrogen) atoms. The van der Waals surface area contributed by atoms with E-state index in [4.69, 9.17) is 9.72 Å². The number of benzene rings is 1. The Labute approximate surface area is 285 Å². The highest BCUT2D eigenvalue weighted by atomic mass is 19.1. The van der Waals surface area contributed by atoms with Gasteiger partial charge < -0.3 is 19.5 Å². The lowest BCUT2D eigenvalue weighted by molar-refractivity contribution is -0.128. The Morgan fingerprint density at radius 1 is 1.12 bits per heavy atom.